The highest BCUT2D eigenvalue weighted by molar-refractivity contribution is 9.10. The van der Waals surface area contributed by atoms with Gasteiger partial charge in [-0.1, -0.05) is 13.3 Å². The highest BCUT2D eigenvalue weighted by Crippen LogP contribution is 2.30. The van der Waals surface area contributed by atoms with Crippen LogP contribution in [0, 0.1) is 17.0 Å². The van der Waals surface area contributed by atoms with Gasteiger partial charge < -0.3 is 10.4 Å². The Morgan fingerprint density at radius 3 is 2.89 bits per heavy atom. The average molecular weight is 318 g/mol. The first-order valence-electron chi connectivity index (χ1n) is 5.68. The van der Waals surface area contributed by atoms with Crippen LogP contribution in [0.4, 0.5) is 11.5 Å². The normalized spacial score (nSPS) is 12.2. The second-order valence-electron chi connectivity index (χ2n) is 4.01. The molecular formula is C11H16BrN3O3. The zero-order valence-electron chi connectivity index (χ0n) is 10.3. The summed E-state index contributed by atoms with van der Waals surface area (Å²) in [5.41, 5.74) is 0.490. The van der Waals surface area contributed by atoms with E-state index in [-0.39, 0.29) is 5.69 Å². The maximum Gasteiger partial charge on any atom is 0.291 e. The van der Waals surface area contributed by atoms with E-state index in [0.717, 1.165) is 6.42 Å². The number of aliphatic hydroxyl groups is 1. The van der Waals surface area contributed by atoms with Gasteiger partial charge in [0.25, 0.3) is 5.69 Å². The van der Waals surface area contributed by atoms with Crippen LogP contribution in [0.1, 0.15) is 25.3 Å². The quantitative estimate of drug-likeness (QED) is 0.622. The van der Waals surface area contributed by atoms with Crippen LogP contribution in [-0.2, 0) is 0 Å². The number of aromatic nitrogens is 1. The second kappa shape index (κ2) is 6.65. The van der Waals surface area contributed by atoms with Crippen LogP contribution in [-0.4, -0.2) is 27.7 Å². The Kier molecular flexibility index (Phi) is 5.49. The lowest BCUT2D eigenvalue weighted by Gasteiger charge is -2.13. The number of nitro groups is 1. The molecule has 0 bridgehead atoms. The molecule has 1 atom stereocenters. The first-order chi connectivity index (χ1) is 8.47. The fraction of sp³-hybridized carbons (Fsp3) is 0.545. The molecule has 0 aromatic carbocycles. The van der Waals surface area contributed by atoms with Crippen molar-refractivity contribution < 1.29 is 10.0 Å². The molecule has 1 unspecified atom stereocenters. The largest absolute Gasteiger partial charge is 0.391 e. The van der Waals surface area contributed by atoms with E-state index in [1.807, 2.05) is 6.92 Å². The summed E-state index contributed by atoms with van der Waals surface area (Å²) in [5, 5.41) is 23.3. The zero-order chi connectivity index (χ0) is 13.7. The van der Waals surface area contributed by atoms with Crippen LogP contribution < -0.4 is 5.32 Å². The first-order valence-corrected chi connectivity index (χ1v) is 6.48. The lowest BCUT2D eigenvalue weighted by Crippen LogP contribution is -2.20. The van der Waals surface area contributed by atoms with Gasteiger partial charge in [-0.15, -0.1) is 0 Å². The van der Waals surface area contributed by atoms with Crippen molar-refractivity contribution in [1.29, 1.82) is 0 Å². The highest BCUT2D eigenvalue weighted by Gasteiger charge is 2.17. The number of pyridine rings is 1. The Morgan fingerprint density at radius 1 is 1.67 bits per heavy atom. The summed E-state index contributed by atoms with van der Waals surface area (Å²) in [6.07, 6.45) is 2.38. The van der Waals surface area contributed by atoms with Crippen molar-refractivity contribution in [2.24, 2.45) is 0 Å². The fourth-order valence-electron chi connectivity index (χ4n) is 1.53. The number of hydrogen-bond donors (Lipinski definition) is 2. The summed E-state index contributed by atoms with van der Waals surface area (Å²) in [5.74, 6) is 0.508. The lowest BCUT2D eigenvalue weighted by atomic mass is 10.2. The molecule has 1 heterocycles. The van der Waals surface area contributed by atoms with E-state index in [9.17, 15) is 15.2 Å². The van der Waals surface area contributed by atoms with Gasteiger partial charge in [0.2, 0.25) is 0 Å². The van der Waals surface area contributed by atoms with Crippen LogP contribution in [0.15, 0.2) is 10.7 Å². The molecule has 0 saturated carbocycles. The molecule has 0 amide bonds. The molecule has 1 rings (SSSR count). The summed E-state index contributed by atoms with van der Waals surface area (Å²) >= 11 is 3.28. The number of nitrogens with one attached hydrogen (secondary N) is 1. The third-order valence-electron chi connectivity index (χ3n) is 2.56. The van der Waals surface area contributed by atoms with Gasteiger partial charge >= 0.3 is 0 Å². The number of halogens is 1. The topological polar surface area (TPSA) is 88.3 Å². The number of nitrogens with zero attached hydrogens (tertiary/aromatic N) is 2. The molecule has 0 saturated heterocycles. The van der Waals surface area contributed by atoms with Gasteiger partial charge in [-0.05, 0) is 29.3 Å². The molecule has 18 heavy (non-hydrogen) atoms. The molecule has 0 aliphatic carbocycles. The molecule has 1 aromatic rings. The Labute approximate surface area is 114 Å². The van der Waals surface area contributed by atoms with Crippen LogP contribution in [0.3, 0.4) is 0 Å². The summed E-state index contributed by atoms with van der Waals surface area (Å²) < 4.78 is 0.556. The number of hydrogen-bond acceptors (Lipinski definition) is 5. The van der Waals surface area contributed by atoms with Gasteiger partial charge in [0.1, 0.15) is 12.0 Å². The van der Waals surface area contributed by atoms with Gasteiger partial charge in [-0.3, -0.25) is 10.1 Å². The van der Waals surface area contributed by atoms with E-state index in [0.29, 0.717) is 28.8 Å². The van der Waals surface area contributed by atoms with Crippen molar-refractivity contribution in [1.82, 2.24) is 4.98 Å². The zero-order valence-corrected chi connectivity index (χ0v) is 11.9. The third-order valence-corrected chi connectivity index (χ3v) is 3.53. The summed E-state index contributed by atoms with van der Waals surface area (Å²) in [6, 6.07) is 0. The van der Waals surface area contributed by atoms with Crippen molar-refractivity contribution in [3.05, 3.63) is 26.3 Å². The maximum atomic E-state index is 10.7. The van der Waals surface area contributed by atoms with Gasteiger partial charge in [0.05, 0.1) is 15.5 Å². The number of rotatable bonds is 6. The molecular weight excluding hydrogens is 302 g/mol. The molecule has 0 aliphatic heterocycles. The molecule has 2 N–H and O–H groups in total. The molecule has 100 valence electrons. The smallest absolute Gasteiger partial charge is 0.291 e. The predicted molar refractivity (Wildman–Crippen MR) is 72.7 cm³/mol. The Hall–Kier alpha value is -1.21. The van der Waals surface area contributed by atoms with Crippen LogP contribution in [0.5, 0.6) is 0 Å². The van der Waals surface area contributed by atoms with Crippen LogP contribution >= 0.6 is 15.9 Å². The minimum absolute atomic E-state index is 0.0264. The van der Waals surface area contributed by atoms with Gasteiger partial charge in [-0.2, -0.15) is 0 Å². The van der Waals surface area contributed by atoms with E-state index < -0.39 is 11.0 Å². The standard InChI is InChI=1S/C11H16BrN3O3/c1-3-4-8(16)5-13-11-10(12)7(2)9(6-14-11)15(17)18/h6,8,16H,3-5H2,1-2H3,(H,13,14). The summed E-state index contributed by atoms with van der Waals surface area (Å²) in [7, 11) is 0. The summed E-state index contributed by atoms with van der Waals surface area (Å²) in [4.78, 5) is 14.2. The highest BCUT2D eigenvalue weighted by atomic mass is 79.9. The Balaban J connectivity index is 2.79. The fourth-order valence-corrected chi connectivity index (χ4v) is 1.97. The molecule has 1 aromatic heterocycles. The van der Waals surface area contributed by atoms with Crippen molar-refractivity contribution in [3.8, 4) is 0 Å². The van der Waals surface area contributed by atoms with E-state index in [2.05, 4.69) is 26.2 Å². The molecule has 0 radical (unpaired) electrons. The Bertz CT molecular complexity index is 440. The molecule has 7 heteroatoms. The monoisotopic (exact) mass is 317 g/mol. The minimum Gasteiger partial charge on any atom is -0.391 e. The minimum atomic E-state index is -0.469. The predicted octanol–water partition coefficient (Wildman–Crippen LogP) is 2.63. The third kappa shape index (κ3) is 3.64. The molecule has 0 aliphatic rings. The SMILES string of the molecule is CCCC(O)CNc1ncc([N+](=O)[O-])c(C)c1Br. The van der Waals surface area contributed by atoms with Crippen molar-refractivity contribution >= 4 is 27.4 Å². The second-order valence-corrected chi connectivity index (χ2v) is 4.80. The molecule has 6 nitrogen and oxygen atoms in total. The average Bonchev–Trinajstić information content (AvgIpc) is 2.31. The van der Waals surface area contributed by atoms with Crippen LogP contribution in [0.2, 0.25) is 0 Å². The lowest BCUT2D eigenvalue weighted by molar-refractivity contribution is -0.385. The van der Waals surface area contributed by atoms with E-state index in [4.69, 9.17) is 0 Å². The van der Waals surface area contributed by atoms with Gasteiger partial charge in [0, 0.05) is 12.1 Å². The molecule has 0 spiro atoms. The first kappa shape index (κ1) is 14.8. The van der Waals surface area contributed by atoms with Crippen LogP contribution in [0.25, 0.3) is 0 Å². The maximum absolute atomic E-state index is 10.7. The Morgan fingerprint density at radius 2 is 2.33 bits per heavy atom. The van der Waals surface area contributed by atoms with Gasteiger partial charge in [0.15, 0.2) is 0 Å². The molecule has 0 fully saturated rings. The van der Waals surface area contributed by atoms with E-state index in [1.54, 1.807) is 6.92 Å². The number of anilines is 1. The summed E-state index contributed by atoms with van der Waals surface area (Å²) in [6.45, 7) is 4.02. The van der Waals surface area contributed by atoms with Gasteiger partial charge in [-0.25, -0.2) is 4.98 Å². The van der Waals surface area contributed by atoms with Crippen molar-refractivity contribution in [3.63, 3.8) is 0 Å². The van der Waals surface area contributed by atoms with E-state index >= 15 is 0 Å². The number of aliphatic hydroxyl groups excluding tert-OH is 1. The van der Waals surface area contributed by atoms with E-state index in [1.165, 1.54) is 6.20 Å². The van der Waals surface area contributed by atoms with Crippen molar-refractivity contribution in [2.45, 2.75) is 32.8 Å². The van der Waals surface area contributed by atoms with Crippen molar-refractivity contribution in [2.75, 3.05) is 11.9 Å².